The molecule has 3 atom stereocenters. The van der Waals surface area contributed by atoms with E-state index in [0.717, 1.165) is 78.9 Å². The Morgan fingerprint density at radius 3 is 2.42 bits per heavy atom. The van der Waals surface area contributed by atoms with E-state index >= 15 is 0 Å². The van der Waals surface area contributed by atoms with E-state index in [1.165, 1.54) is 12.5 Å². The van der Waals surface area contributed by atoms with E-state index in [4.69, 9.17) is 9.72 Å². The maximum Gasteiger partial charge on any atom is 0.417 e. The van der Waals surface area contributed by atoms with Crippen molar-refractivity contribution in [3.05, 3.63) is 57.7 Å². The molecule has 0 saturated heterocycles. The molecular weight excluding hydrogens is 429 g/mol. The molecule has 4 nitrogen and oxygen atoms in total. The van der Waals surface area contributed by atoms with Gasteiger partial charge in [0.05, 0.1) is 23.1 Å². The number of rotatable bonds is 3. The number of pyridine rings is 2. The maximum absolute atomic E-state index is 13.1. The van der Waals surface area contributed by atoms with Crippen LogP contribution in [0.3, 0.4) is 0 Å². The highest BCUT2D eigenvalue weighted by atomic mass is 19.4. The lowest BCUT2D eigenvalue weighted by Gasteiger charge is -2.47. The maximum atomic E-state index is 13.1. The second kappa shape index (κ2) is 7.25. The molecule has 3 heterocycles. The number of fused-ring (bicyclic) bond motifs is 2. The molecule has 0 aromatic carbocycles. The number of halogens is 3. The van der Waals surface area contributed by atoms with Crippen LogP contribution in [-0.2, 0) is 17.3 Å². The van der Waals surface area contributed by atoms with Gasteiger partial charge in [0.15, 0.2) is 0 Å². The lowest BCUT2D eigenvalue weighted by Crippen LogP contribution is -2.38. The summed E-state index contributed by atoms with van der Waals surface area (Å²) in [5.74, 6) is 0.513. The molecule has 33 heavy (non-hydrogen) atoms. The average Bonchev–Trinajstić information content (AvgIpc) is 3.50. The molecule has 2 fully saturated rings. The van der Waals surface area contributed by atoms with Crippen molar-refractivity contribution in [1.29, 1.82) is 0 Å². The van der Waals surface area contributed by atoms with Gasteiger partial charge < -0.3 is 9.84 Å². The van der Waals surface area contributed by atoms with E-state index in [9.17, 15) is 18.3 Å². The van der Waals surface area contributed by atoms with Crippen LogP contribution in [0.4, 0.5) is 13.2 Å². The van der Waals surface area contributed by atoms with E-state index in [0.29, 0.717) is 11.6 Å². The van der Waals surface area contributed by atoms with Crippen LogP contribution in [0.25, 0.3) is 0 Å². The van der Waals surface area contributed by atoms with Gasteiger partial charge in [0, 0.05) is 23.0 Å². The zero-order chi connectivity index (χ0) is 23.1. The Hall–Kier alpha value is -1.99. The number of ether oxygens (including phenoxy) is 1. The van der Waals surface area contributed by atoms with Gasteiger partial charge in [-0.15, -0.1) is 0 Å². The molecule has 7 heteroatoms. The number of nitrogens with zero attached hydrogens (tertiary/aromatic N) is 2. The second-order valence-electron chi connectivity index (χ2n) is 10.9. The molecule has 0 radical (unpaired) electrons. The van der Waals surface area contributed by atoms with E-state index in [1.807, 2.05) is 0 Å². The summed E-state index contributed by atoms with van der Waals surface area (Å²) >= 11 is 0. The Kier molecular flexibility index (Phi) is 4.73. The van der Waals surface area contributed by atoms with Crippen LogP contribution in [0.15, 0.2) is 18.3 Å². The first-order valence-electron chi connectivity index (χ1n) is 12.1. The zero-order valence-electron chi connectivity index (χ0n) is 19.0. The minimum Gasteiger partial charge on any atom is -0.388 e. The summed E-state index contributed by atoms with van der Waals surface area (Å²) in [5.41, 5.74) is 4.87. The van der Waals surface area contributed by atoms with Crippen molar-refractivity contribution in [3.63, 3.8) is 0 Å². The van der Waals surface area contributed by atoms with Crippen LogP contribution in [-0.4, -0.2) is 15.1 Å². The Labute approximate surface area is 191 Å². The summed E-state index contributed by atoms with van der Waals surface area (Å²) in [7, 11) is 0. The molecule has 0 amide bonds. The standard InChI is InChI=1S/C26H29F3N2O2/c1-13(2)23-22-21(24(33-23)16-7-6-15(12-30-16)26(27,28)29)19(14-4-5-14)20-17(31-22)10-25(8-3-9-25)11-18(20)32/h6-7,12-14,18,23-24,32H,3-5,8-11H2,1-2H3/t18-,23-,24+/m0/s1. The lowest BCUT2D eigenvalue weighted by atomic mass is 9.59. The van der Waals surface area contributed by atoms with E-state index in [1.54, 1.807) is 0 Å². The normalized spacial score (nSPS) is 28.0. The van der Waals surface area contributed by atoms with Crippen LogP contribution in [0.5, 0.6) is 0 Å². The fourth-order valence-electron chi connectivity index (χ4n) is 6.21. The van der Waals surface area contributed by atoms with E-state index in [-0.39, 0.29) is 17.4 Å². The SMILES string of the molecule is CC(C)[C@@H]1O[C@H](c2ccc(C(F)(F)F)cn2)c2c1nc1c(c2C2CC2)[C@@H](O)CC2(CCC2)C1. The molecule has 0 unspecified atom stereocenters. The molecule has 2 aromatic rings. The van der Waals surface area contributed by atoms with Gasteiger partial charge in [0.25, 0.3) is 0 Å². The monoisotopic (exact) mass is 458 g/mol. The summed E-state index contributed by atoms with van der Waals surface area (Å²) in [6.07, 6.45) is 2.40. The number of aromatic nitrogens is 2. The van der Waals surface area contributed by atoms with Gasteiger partial charge >= 0.3 is 6.18 Å². The minimum atomic E-state index is -4.43. The molecule has 4 aliphatic rings. The first-order chi connectivity index (χ1) is 15.7. The quantitative estimate of drug-likeness (QED) is 0.583. The van der Waals surface area contributed by atoms with Crippen LogP contribution in [0.2, 0.25) is 0 Å². The van der Waals surface area contributed by atoms with Crippen molar-refractivity contribution >= 4 is 0 Å². The van der Waals surface area contributed by atoms with Crippen molar-refractivity contribution in [2.75, 3.05) is 0 Å². The van der Waals surface area contributed by atoms with Crippen molar-refractivity contribution in [3.8, 4) is 0 Å². The number of alkyl halides is 3. The summed E-state index contributed by atoms with van der Waals surface area (Å²) < 4.78 is 45.8. The zero-order valence-corrected chi connectivity index (χ0v) is 19.0. The molecule has 1 aliphatic heterocycles. The molecule has 1 spiro atoms. The Balaban J connectivity index is 1.50. The fourth-order valence-corrected chi connectivity index (χ4v) is 6.21. The van der Waals surface area contributed by atoms with Crippen molar-refractivity contribution in [2.45, 2.75) is 89.2 Å². The summed E-state index contributed by atoms with van der Waals surface area (Å²) in [6.45, 7) is 4.16. The number of hydrogen-bond acceptors (Lipinski definition) is 4. The van der Waals surface area contributed by atoms with Gasteiger partial charge in [-0.1, -0.05) is 20.3 Å². The van der Waals surface area contributed by atoms with Crippen LogP contribution < -0.4 is 0 Å². The van der Waals surface area contributed by atoms with Crippen molar-refractivity contribution in [2.24, 2.45) is 11.3 Å². The largest absolute Gasteiger partial charge is 0.417 e. The van der Waals surface area contributed by atoms with Gasteiger partial charge in [0.1, 0.15) is 12.2 Å². The van der Waals surface area contributed by atoms with Crippen LogP contribution in [0, 0.1) is 11.3 Å². The van der Waals surface area contributed by atoms with Gasteiger partial charge in [-0.05, 0) is 73.5 Å². The number of aliphatic hydroxyl groups is 1. The highest BCUT2D eigenvalue weighted by Gasteiger charge is 2.49. The highest BCUT2D eigenvalue weighted by Crippen LogP contribution is 2.59. The molecule has 0 bridgehead atoms. The van der Waals surface area contributed by atoms with E-state index < -0.39 is 23.9 Å². The predicted molar refractivity (Wildman–Crippen MR) is 116 cm³/mol. The molecular formula is C26H29F3N2O2. The van der Waals surface area contributed by atoms with Gasteiger partial charge in [-0.3, -0.25) is 9.97 Å². The second-order valence-corrected chi connectivity index (χ2v) is 10.9. The van der Waals surface area contributed by atoms with Gasteiger partial charge in [-0.2, -0.15) is 13.2 Å². The Morgan fingerprint density at radius 1 is 1.12 bits per heavy atom. The van der Waals surface area contributed by atoms with Crippen LogP contribution in [0.1, 0.15) is 116 Å². The molecule has 176 valence electrons. The van der Waals surface area contributed by atoms with Gasteiger partial charge in [-0.25, -0.2) is 0 Å². The molecule has 1 N–H and O–H groups in total. The highest BCUT2D eigenvalue weighted by molar-refractivity contribution is 5.52. The summed E-state index contributed by atoms with van der Waals surface area (Å²) in [5, 5.41) is 11.3. The van der Waals surface area contributed by atoms with Gasteiger partial charge in [0.2, 0.25) is 0 Å². The third-order valence-corrected chi connectivity index (χ3v) is 8.13. The van der Waals surface area contributed by atoms with E-state index in [2.05, 4.69) is 18.8 Å². The van der Waals surface area contributed by atoms with Crippen molar-refractivity contribution < 1.29 is 23.0 Å². The number of hydrogen-bond donors (Lipinski definition) is 1. The first kappa shape index (κ1) is 21.5. The lowest BCUT2D eigenvalue weighted by molar-refractivity contribution is -0.137. The summed E-state index contributed by atoms with van der Waals surface area (Å²) in [4.78, 5) is 9.32. The molecule has 3 aliphatic carbocycles. The van der Waals surface area contributed by atoms with Crippen LogP contribution >= 0.6 is 0 Å². The third-order valence-electron chi connectivity index (χ3n) is 8.13. The Bertz CT molecular complexity index is 1090. The third kappa shape index (κ3) is 3.42. The molecule has 2 aromatic heterocycles. The average molecular weight is 459 g/mol. The first-order valence-corrected chi connectivity index (χ1v) is 12.1. The smallest absolute Gasteiger partial charge is 0.388 e. The number of aliphatic hydroxyl groups excluding tert-OH is 1. The fraction of sp³-hybridized carbons (Fsp3) is 0.615. The predicted octanol–water partition coefficient (Wildman–Crippen LogP) is 6.34. The molecule has 6 rings (SSSR count). The topological polar surface area (TPSA) is 55.2 Å². The van der Waals surface area contributed by atoms with Crippen molar-refractivity contribution in [1.82, 2.24) is 9.97 Å². The summed E-state index contributed by atoms with van der Waals surface area (Å²) in [6, 6.07) is 2.50. The molecule has 2 saturated carbocycles. The minimum absolute atomic E-state index is 0.159. The Morgan fingerprint density at radius 2 is 1.88 bits per heavy atom.